The summed E-state index contributed by atoms with van der Waals surface area (Å²) in [7, 11) is 2.07. The minimum absolute atomic E-state index is 0.829. The monoisotopic (exact) mass is 271 g/mol. The molecule has 0 bridgehead atoms. The van der Waals surface area contributed by atoms with Gasteiger partial charge in [0.15, 0.2) is 0 Å². The van der Waals surface area contributed by atoms with Crippen LogP contribution in [0.5, 0.6) is 0 Å². The first-order valence-corrected chi connectivity index (χ1v) is 6.71. The Balaban J connectivity index is 2.01. The van der Waals surface area contributed by atoms with E-state index in [1.807, 2.05) is 12.4 Å². The van der Waals surface area contributed by atoms with Crippen molar-refractivity contribution in [3.63, 3.8) is 0 Å². The molecule has 3 nitrogen and oxygen atoms in total. The highest BCUT2D eigenvalue weighted by Crippen LogP contribution is 2.23. The van der Waals surface area contributed by atoms with Gasteiger partial charge in [-0.15, -0.1) is 0 Å². The Hall–Kier alpha value is -0.510. The van der Waals surface area contributed by atoms with E-state index < -0.39 is 0 Å². The van der Waals surface area contributed by atoms with Gasteiger partial charge in [-0.2, -0.15) is 0 Å². The van der Waals surface area contributed by atoms with Crippen molar-refractivity contribution in [2.45, 2.75) is 19.3 Å². The Kier molecular flexibility index (Phi) is 3.67. The fourth-order valence-corrected chi connectivity index (χ4v) is 2.95. The van der Waals surface area contributed by atoms with Gasteiger partial charge in [-0.05, 0) is 25.2 Å². The number of aromatic nitrogens is 2. The van der Waals surface area contributed by atoms with Crippen LogP contribution in [-0.4, -0.2) is 28.0 Å². The van der Waals surface area contributed by atoms with Gasteiger partial charge < -0.3 is 9.47 Å². The molecule has 15 heavy (non-hydrogen) atoms. The van der Waals surface area contributed by atoms with E-state index in [2.05, 4.69) is 37.4 Å². The molecule has 4 heteroatoms. The SMILES string of the molecule is Cn1ccnc1N1CCCC(CCBr)C1. The lowest BCUT2D eigenvalue weighted by Gasteiger charge is -2.33. The van der Waals surface area contributed by atoms with Crippen LogP contribution in [0.1, 0.15) is 19.3 Å². The second-order valence-electron chi connectivity index (χ2n) is 4.27. The quantitative estimate of drug-likeness (QED) is 0.788. The van der Waals surface area contributed by atoms with Crippen LogP contribution in [0.3, 0.4) is 0 Å². The molecule has 1 aliphatic heterocycles. The summed E-state index contributed by atoms with van der Waals surface area (Å²) >= 11 is 3.53. The Morgan fingerprint density at radius 3 is 3.13 bits per heavy atom. The maximum atomic E-state index is 4.41. The standard InChI is InChI=1S/C11H18BrN3/c1-14-8-6-13-11(14)15-7-2-3-10(9-15)4-5-12/h6,8,10H,2-5,7,9H2,1H3. The van der Waals surface area contributed by atoms with Crippen molar-refractivity contribution in [2.75, 3.05) is 23.3 Å². The minimum Gasteiger partial charge on any atom is -0.342 e. The van der Waals surface area contributed by atoms with Gasteiger partial charge >= 0.3 is 0 Å². The van der Waals surface area contributed by atoms with E-state index in [9.17, 15) is 0 Å². The van der Waals surface area contributed by atoms with Crippen LogP contribution >= 0.6 is 15.9 Å². The van der Waals surface area contributed by atoms with Crippen molar-refractivity contribution >= 4 is 21.9 Å². The zero-order valence-corrected chi connectivity index (χ0v) is 10.8. The summed E-state index contributed by atoms with van der Waals surface area (Å²) in [6, 6.07) is 0. The van der Waals surface area contributed by atoms with Crippen LogP contribution in [0.4, 0.5) is 5.95 Å². The molecule has 0 saturated carbocycles. The van der Waals surface area contributed by atoms with E-state index in [0.29, 0.717) is 0 Å². The number of piperidine rings is 1. The van der Waals surface area contributed by atoms with E-state index in [1.165, 1.54) is 19.3 Å². The molecule has 0 amide bonds. The van der Waals surface area contributed by atoms with E-state index in [0.717, 1.165) is 30.3 Å². The number of aryl methyl sites for hydroxylation is 1. The topological polar surface area (TPSA) is 21.1 Å². The normalized spacial score (nSPS) is 22.0. The molecule has 2 rings (SSSR count). The molecule has 0 spiro atoms. The zero-order chi connectivity index (χ0) is 10.7. The maximum absolute atomic E-state index is 4.41. The highest BCUT2D eigenvalue weighted by atomic mass is 79.9. The molecule has 0 N–H and O–H groups in total. The first-order chi connectivity index (χ1) is 7.31. The van der Waals surface area contributed by atoms with Crippen LogP contribution < -0.4 is 4.90 Å². The first kappa shape index (κ1) is 11.0. The smallest absolute Gasteiger partial charge is 0.205 e. The van der Waals surface area contributed by atoms with Gasteiger partial charge in [0.1, 0.15) is 0 Å². The third-order valence-corrected chi connectivity index (χ3v) is 3.57. The van der Waals surface area contributed by atoms with Crippen molar-refractivity contribution in [3.8, 4) is 0 Å². The Morgan fingerprint density at radius 1 is 1.60 bits per heavy atom. The molecule has 0 aromatic carbocycles. The first-order valence-electron chi connectivity index (χ1n) is 5.59. The largest absolute Gasteiger partial charge is 0.342 e. The Bertz CT molecular complexity index is 309. The lowest BCUT2D eigenvalue weighted by atomic mass is 9.96. The number of hydrogen-bond donors (Lipinski definition) is 0. The van der Waals surface area contributed by atoms with Gasteiger partial charge in [0.05, 0.1) is 0 Å². The zero-order valence-electron chi connectivity index (χ0n) is 9.19. The summed E-state index contributed by atoms with van der Waals surface area (Å²) < 4.78 is 2.11. The molecule has 1 unspecified atom stereocenters. The van der Waals surface area contributed by atoms with Crippen LogP contribution in [0, 0.1) is 5.92 Å². The number of rotatable bonds is 3. The molecular weight excluding hydrogens is 254 g/mol. The fourth-order valence-electron chi connectivity index (χ4n) is 2.30. The molecule has 1 fully saturated rings. The van der Waals surface area contributed by atoms with Crippen molar-refractivity contribution in [3.05, 3.63) is 12.4 Å². The summed E-state index contributed by atoms with van der Waals surface area (Å²) in [6.45, 7) is 2.32. The summed E-state index contributed by atoms with van der Waals surface area (Å²) in [5.41, 5.74) is 0. The molecular formula is C11H18BrN3. The van der Waals surface area contributed by atoms with Gasteiger partial charge in [0.25, 0.3) is 0 Å². The number of imidazole rings is 1. The number of anilines is 1. The van der Waals surface area contributed by atoms with Gasteiger partial charge in [-0.1, -0.05) is 15.9 Å². The Labute approximate surface area is 99.6 Å². The molecule has 1 atom stereocenters. The van der Waals surface area contributed by atoms with E-state index in [4.69, 9.17) is 0 Å². The van der Waals surface area contributed by atoms with Crippen molar-refractivity contribution in [2.24, 2.45) is 13.0 Å². The predicted octanol–water partition coefficient (Wildman–Crippen LogP) is 2.42. The van der Waals surface area contributed by atoms with E-state index in [1.54, 1.807) is 0 Å². The number of halogens is 1. The van der Waals surface area contributed by atoms with Crippen LogP contribution in [0.25, 0.3) is 0 Å². The van der Waals surface area contributed by atoms with Gasteiger partial charge in [0.2, 0.25) is 5.95 Å². The lowest BCUT2D eigenvalue weighted by Crippen LogP contribution is -2.37. The van der Waals surface area contributed by atoms with Crippen molar-refractivity contribution < 1.29 is 0 Å². The average Bonchev–Trinajstić information content (AvgIpc) is 2.65. The third-order valence-electron chi connectivity index (χ3n) is 3.11. The fraction of sp³-hybridized carbons (Fsp3) is 0.727. The summed E-state index contributed by atoms with van der Waals surface area (Å²) in [5, 5.41) is 1.12. The van der Waals surface area contributed by atoms with Gasteiger partial charge in [-0.3, -0.25) is 0 Å². The molecule has 0 radical (unpaired) electrons. The number of nitrogens with zero attached hydrogens (tertiary/aromatic N) is 3. The molecule has 1 aromatic rings. The minimum atomic E-state index is 0.829. The van der Waals surface area contributed by atoms with Crippen molar-refractivity contribution in [1.82, 2.24) is 9.55 Å². The van der Waals surface area contributed by atoms with Gasteiger partial charge in [-0.25, -0.2) is 4.98 Å². The van der Waals surface area contributed by atoms with Crippen LogP contribution in [0.15, 0.2) is 12.4 Å². The summed E-state index contributed by atoms with van der Waals surface area (Å²) in [4.78, 5) is 6.82. The molecule has 1 aliphatic rings. The molecule has 2 heterocycles. The molecule has 0 aliphatic carbocycles. The lowest BCUT2D eigenvalue weighted by molar-refractivity contribution is 0.402. The molecule has 1 saturated heterocycles. The number of alkyl halides is 1. The van der Waals surface area contributed by atoms with E-state index in [-0.39, 0.29) is 0 Å². The number of hydrogen-bond acceptors (Lipinski definition) is 2. The summed E-state index contributed by atoms with van der Waals surface area (Å²) in [6.07, 6.45) is 7.84. The molecule has 84 valence electrons. The van der Waals surface area contributed by atoms with Crippen LogP contribution in [0.2, 0.25) is 0 Å². The van der Waals surface area contributed by atoms with Crippen molar-refractivity contribution in [1.29, 1.82) is 0 Å². The third kappa shape index (κ3) is 2.54. The highest BCUT2D eigenvalue weighted by molar-refractivity contribution is 9.09. The van der Waals surface area contributed by atoms with Crippen LogP contribution in [-0.2, 0) is 7.05 Å². The maximum Gasteiger partial charge on any atom is 0.205 e. The Morgan fingerprint density at radius 2 is 2.47 bits per heavy atom. The van der Waals surface area contributed by atoms with E-state index >= 15 is 0 Å². The highest BCUT2D eigenvalue weighted by Gasteiger charge is 2.21. The predicted molar refractivity (Wildman–Crippen MR) is 66.6 cm³/mol. The van der Waals surface area contributed by atoms with Gasteiger partial charge in [0, 0.05) is 37.9 Å². The average molecular weight is 272 g/mol. The second-order valence-corrected chi connectivity index (χ2v) is 5.06. The summed E-state index contributed by atoms with van der Waals surface area (Å²) in [5.74, 6) is 1.95. The molecule has 1 aromatic heterocycles. The second kappa shape index (κ2) is 5.01.